The molecule has 0 aliphatic heterocycles. The molecule has 0 N–H and O–H groups in total. The third kappa shape index (κ3) is 3.44. The van der Waals surface area contributed by atoms with Gasteiger partial charge in [-0.1, -0.05) is 26.7 Å². The highest BCUT2D eigenvalue weighted by Crippen LogP contribution is 2.19. The second-order valence-corrected chi connectivity index (χ2v) is 4.33. The van der Waals surface area contributed by atoms with E-state index in [9.17, 15) is 4.79 Å². The van der Waals surface area contributed by atoms with Gasteiger partial charge in [0.25, 0.3) is 0 Å². The summed E-state index contributed by atoms with van der Waals surface area (Å²) >= 11 is 0. The number of pyridine rings is 1. The summed E-state index contributed by atoms with van der Waals surface area (Å²) in [6, 6.07) is 3.80. The quantitative estimate of drug-likeness (QED) is 0.681. The summed E-state index contributed by atoms with van der Waals surface area (Å²) in [5, 5.41) is 0. The summed E-state index contributed by atoms with van der Waals surface area (Å²) in [7, 11) is 0. The highest BCUT2D eigenvalue weighted by atomic mass is 16.1. The Bertz CT molecular complexity index is 323. The van der Waals surface area contributed by atoms with Gasteiger partial charge in [-0.15, -0.1) is 0 Å². The van der Waals surface area contributed by atoms with Crippen LogP contribution in [0.2, 0.25) is 0 Å². The molecule has 88 valence electrons. The third-order valence-corrected chi connectivity index (χ3v) is 2.84. The number of nitrogens with zero attached hydrogens (tertiary/aromatic N) is 1. The van der Waals surface area contributed by atoms with E-state index in [0.717, 1.165) is 36.9 Å². The molecule has 0 radical (unpaired) electrons. The average molecular weight is 219 g/mol. The Labute approximate surface area is 98.1 Å². The number of hydrogen-bond acceptors (Lipinski definition) is 2. The Morgan fingerprint density at radius 3 is 2.31 bits per heavy atom. The lowest BCUT2D eigenvalue weighted by Crippen LogP contribution is -2.14. The van der Waals surface area contributed by atoms with E-state index in [0.29, 0.717) is 0 Å². The van der Waals surface area contributed by atoms with Crippen LogP contribution in [0.25, 0.3) is 0 Å². The number of hydrogen-bond donors (Lipinski definition) is 0. The van der Waals surface area contributed by atoms with Crippen molar-refractivity contribution in [1.82, 2.24) is 4.98 Å². The summed E-state index contributed by atoms with van der Waals surface area (Å²) < 4.78 is 0. The number of rotatable bonds is 6. The minimum absolute atomic E-state index is 0.180. The molecule has 0 aliphatic carbocycles. The fourth-order valence-electron chi connectivity index (χ4n) is 1.95. The standard InChI is InChI=1S/C14H21NO/c1-4-6-12(7-5-2)14(16)13-9-8-11(3)15-10-13/h8-10,12H,4-7H2,1-3H3. The molecule has 0 amide bonds. The fraction of sp³-hybridized carbons (Fsp3) is 0.571. The molecular weight excluding hydrogens is 198 g/mol. The van der Waals surface area contributed by atoms with Gasteiger partial charge < -0.3 is 0 Å². The molecule has 0 bridgehead atoms. The van der Waals surface area contributed by atoms with Gasteiger partial charge in [0, 0.05) is 23.4 Å². The average Bonchev–Trinajstić information content (AvgIpc) is 2.29. The van der Waals surface area contributed by atoms with Crippen LogP contribution in [0.4, 0.5) is 0 Å². The Hall–Kier alpha value is -1.18. The highest BCUT2D eigenvalue weighted by Gasteiger charge is 2.18. The first-order valence-corrected chi connectivity index (χ1v) is 6.15. The summed E-state index contributed by atoms with van der Waals surface area (Å²) in [5.41, 5.74) is 1.72. The summed E-state index contributed by atoms with van der Waals surface area (Å²) in [6.45, 7) is 6.19. The van der Waals surface area contributed by atoms with E-state index in [2.05, 4.69) is 18.8 Å². The SMILES string of the molecule is CCCC(CCC)C(=O)c1ccc(C)nc1. The Morgan fingerprint density at radius 2 is 1.88 bits per heavy atom. The van der Waals surface area contributed by atoms with Gasteiger partial charge in [-0.3, -0.25) is 9.78 Å². The lowest BCUT2D eigenvalue weighted by atomic mass is 9.90. The lowest BCUT2D eigenvalue weighted by molar-refractivity contribution is 0.0904. The van der Waals surface area contributed by atoms with Crippen molar-refractivity contribution >= 4 is 5.78 Å². The number of carbonyl (C=O) groups excluding carboxylic acids is 1. The molecule has 0 unspecified atom stereocenters. The topological polar surface area (TPSA) is 30.0 Å². The smallest absolute Gasteiger partial charge is 0.167 e. The van der Waals surface area contributed by atoms with Crippen LogP contribution in [0.15, 0.2) is 18.3 Å². The van der Waals surface area contributed by atoms with Gasteiger partial charge >= 0.3 is 0 Å². The maximum atomic E-state index is 12.2. The monoisotopic (exact) mass is 219 g/mol. The first kappa shape index (κ1) is 12.9. The molecule has 0 saturated heterocycles. The minimum Gasteiger partial charge on any atom is -0.294 e. The van der Waals surface area contributed by atoms with Crippen molar-refractivity contribution in [3.63, 3.8) is 0 Å². The molecule has 1 heterocycles. The molecule has 0 spiro atoms. The van der Waals surface area contributed by atoms with E-state index in [1.54, 1.807) is 6.20 Å². The van der Waals surface area contributed by atoms with Crippen LogP contribution in [-0.4, -0.2) is 10.8 Å². The van der Waals surface area contributed by atoms with Gasteiger partial charge in [0.2, 0.25) is 0 Å². The second-order valence-electron chi connectivity index (χ2n) is 4.33. The van der Waals surface area contributed by atoms with E-state index in [1.165, 1.54) is 0 Å². The maximum absolute atomic E-state index is 12.2. The third-order valence-electron chi connectivity index (χ3n) is 2.84. The number of aromatic nitrogens is 1. The van der Waals surface area contributed by atoms with Gasteiger partial charge in [-0.05, 0) is 31.9 Å². The number of aryl methyl sites for hydroxylation is 1. The molecular formula is C14H21NO. The summed E-state index contributed by atoms with van der Waals surface area (Å²) in [6.07, 6.45) is 5.81. The molecule has 0 atom stereocenters. The van der Waals surface area contributed by atoms with E-state index >= 15 is 0 Å². The predicted octanol–water partition coefficient (Wildman–Crippen LogP) is 3.79. The minimum atomic E-state index is 0.180. The molecule has 2 nitrogen and oxygen atoms in total. The van der Waals surface area contributed by atoms with Crippen LogP contribution in [0.1, 0.15) is 55.6 Å². The van der Waals surface area contributed by atoms with Crippen molar-refractivity contribution in [3.05, 3.63) is 29.6 Å². The molecule has 16 heavy (non-hydrogen) atoms. The van der Waals surface area contributed by atoms with E-state index in [1.807, 2.05) is 19.1 Å². The van der Waals surface area contributed by atoms with Crippen molar-refractivity contribution in [2.24, 2.45) is 5.92 Å². The first-order valence-electron chi connectivity index (χ1n) is 6.15. The van der Waals surface area contributed by atoms with Crippen LogP contribution >= 0.6 is 0 Å². The van der Waals surface area contributed by atoms with E-state index < -0.39 is 0 Å². The van der Waals surface area contributed by atoms with E-state index in [4.69, 9.17) is 0 Å². The molecule has 0 aliphatic rings. The zero-order valence-corrected chi connectivity index (χ0v) is 10.5. The van der Waals surface area contributed by atoms with Crippen molar-refractivity contribution in [2.45, 2.75) is 46.5 Å². The predicted molar refractivity (Wildman–Crippen MR) is 66.6 cm³/mol. The Kier molecular flexibility index (Phi) is 5.17. The maximum Gasteiger partial charge on any atom is 0.167 e. The Balaban J connectivity index is 2.77. The van der Waals surface area contributed by atoms with E-state index in [-0.39, 0.29) is 11.7 Å². The molecule has 1 aromatic heterocycles. The zero-order chi connectivity index (χ0) is 12.0. The van der Waals surface area contributed by atoms with Crippen LogP contribution < -0.4 is 0 Å². The van der Waals surface area contributed by atoms with Gasteiger partial charge in [0.05, 0.1) is 0 Å². The van der Waals surface area contributed by atoms with Crippen LogP contribution in [0, 0.1) is 12.8 Å². The van der Waals surface area contributed by atoms with Gasteiger partial charge in [-0.2, -0.15) is 0 Å². The number of Topliss-reactive ketones (excluding diaryl/α,β-unsaturated/α-hetero) is 1. The molecule has 1 aromatic rings. The van der Waals surface area contributed by atoms with Crippen LogP contribution in [-0.2, 0) is 0 Å². The van der Waals surface area contributed by atoms with Crippen molar-refractivity contribution in [3.8, 4) is 0 Å². The summed E-state index contributed by atoms with van der Waals surface area (Å²) in [4.78, 5) is 16.4. The molecule has 0 fully saturated rings. The zero-order valence-electron chi connectivity index (χ0n) is 10.5. The highest BCUT2D eigenvalue weighted by molar-refractivity contribution is 5.97. The Morgan fingerprint density at radius 1 is 1.25 bits per heavy atom. The molecule has 0 saturated carbocycles. The first-order chi connectivity index (χ1) is 7.69. The molecule has 2 heteroatoms. The molecule has 1 rings (SSSR count). The number of ketones is 1. The van der Waals surface area contributed by atoms with Crippen molar-refractivity contribution < 1.29 is 4.79 Å². The van der Waals surface area contributed by atoms with Gasteiger partial charge in [0.1, 0.15) is 0 Å². The largest absolute Gasteiger partial charge is 0.294 e. The van der Waals surface area contributed by atoms with Gasteiger partial charge in [-0.25, -0.2) is 0 Å². The normalized spacial score (nSPS) is 10.8. The summed E-state index contributed by atoms with van der Waals surface area (Å²) in [5.74, 6) is 0.440. The van der Waals surface area contributed by atoms with Crippen molar-refractivity contribution in [2.75, 3.05) is 0 Å². The molecule has 0 aromatic carbocycles. The lowest BCUT2D eigenvalue weighted by Gasteiger charge is -2.13. The van der Waals surface area contributed by atoms with Gasteiger partial charge in [0.15, 0.2) is 5.78 Å². The second kappa shape index (κ2) is 6.41. The van der Waals surface area contributed by atoms with Crippen LogP contribution in [0.3, 0.4) is 0 Å². The number of carbonyl (C=O) groups is 1. The fourth-order valence-corrected chi connectivity index (χ4v) is 1.95. The van der Waals surface area contributed by atoms with Crippen molar-refractivity contribution in [1.29, 1.82) is 0 Å². The van der Waals surface area contributed by atoms with Crippen LogP contribution in [0.5, 0.6) is 0 Å².